The van der Waals surface area contributed by atoms with E-state index in [1.807, 2.05) is 73.7 Å². The van der Waals surface area contributed by atoms with E-state index in [1.54, 1.807) is 17.0 Å². The largest absolute Gasteiger partial charge is 0.484 e. The normalized spacial score (nSPS) is 12.0. The number of benzene rings is 3. The van der Waals surface area contributed by atoms with Crippen molar-refractivity contribution in [1.82, 2.24) is 10.2 Å². The Morgan fingerprint density at radius 1 is 0.917 bits per heavy atom. The fourth-order valence-corrected chi connectivity index (χ4v) is 4.04. The molecule has 1 unspecified atom stereocenters. The number of nitrogens with one attached hydrogen (secondary N) is 1. The Morgan fingerprint density at radius 3 is 2.14 bits per heavy atom. The van der Waals surface area contributed by atoms with Crippen LogP contribution in [0.15, 0.2) is 78.9 Å². The van der Waals surface area contributed by atoms with Gasteiger partial charge >= 0.3 is 0 Å². The minimum atomic E-state index is -0.692. The Hall–Kier alpha value is -3.31. The third-order valence-corrected chi connectivity index (χ3v) is 6.22. The lowest BCUT2D eigenvalue weighted by Crippen LogP contribution is -2.51. The number of nitrogens with zero attached hydrogens (tertiary/aromatic N) is 1. The van der Waals surface area contributed by atoms with Crippen molar-refractivity contribution in [2.45, 2.75) is 52.1 Å². The maximum atomic E-state index is 13.5. The lowest BCUT2D eigenvalue weighted by molar-refractivity contribution is -0.142. The zero-order valence-corrected chi connectivity index (χ0v) is 22.2. The number of rotatable bonds is 10. The maximum absolute atomic E-state index is 13.5. The van der Waals surface area contributed by atoms with E-state index in [0.717, 1.165) is 11.1 Å². The summed E-state index contributed by atoms with van der Waals surface area (Å²) in [4.78, 5) is 28.3. The van der Waals surface area contributed by atoms with Crippen LogP contribution in [0.25, 0.3) is 0 Å². The van der Waals surface area contributed by atoms with E-state index in [2.05, 4.69) is 26.1 Å². The van der Waals surface area contributed by atoms with Crippen molar-refractivity contribution >= 4 is 23.4 Å². The van der Waals surface area contributed by atoms with Crippen LogP contribution in [0.4, 0.5) is 0 Å². The van der Waals surface area contributed by atoms with Gasteiger partial charge in [-0.2, -0.15) is 0 Å². The minimum absolute atomic E-state index is 0.0288. The molecule has 0 heterocycles. The van der Waals surface area contributed by atoms with Crippen molar-refractivity contribution in [1.29, 1.82) is 0 Å². The zero-order chi connectivity index (χ0) is 26.1. The van der Waals surface area contributed by atoms with Gasteiger partial charge < -0.3 is 15.0 Å². The van der Waals surface area contributed by atoms with E-state index in [4.69, 9.17) is 16.3 Å². The summed E-state index contributed by atoms with van der Waals surface area (Å²) in [6.07, 6.45) is 0.395. The van der Waals surface area contributed by atoms with Gasteiger partial charge in [-0.25, -0.2) is 0 Å². The molecule has 1 N–H and O–H groups in total. The summed E-state index contributed by atoms with van der Waals surface area (Å²) < 4.78 is 5.87. The molecule has 0 aromatic heterocycles. The van der Waals surface area contributed by atoms with Gasteiger partial charge in [-0.05, 0) is 53.3 Å². The highest BCUT2D eigenvalue weighted by Gasteiger charge is 2.30. The average Bonchev–Trinajstić information content (AvgIpc) is 2.86. The first-order valence-corrected chi connectivity index (χ1v) is 12.6. The van der Waals surface area contributed by atoms with Crippen LogP contribution in [0.1, 0.15) is 44.4 Å². The summed E-state index contributed by atoms with van der Waals surface area (Å²) in [6.45, 7) is 8.88. The molecule has 0 aliphatic carbocycles. The molecule has 3 aromatic carbocycles. The molecular formula is C30H35ClN2O3. The first-order valence-electron chi connectivity index (χ1n) is 12.3. The lowest BCUT2D eigenvalue weighted by Gasteiger charge is -2.31. The summed E-state index contributed by atoms with van der Waals surface area (Å²) in [5.41, 5.74) is 3.07. The second kappa shape index (κ2) is 12.6. The SMILES string of the molecule is CCNC(=O)C(Cc1ccccc1)N(Cc1ccc(Cl)cc1)C(=O)COc1ccc(C(C)(C)C)cc1. The Kier molecular flexibility index (Phi) is 9.54. The predicted octanol–water partition coefficient (Wildman–Crippen LogP) is 5.79. The maximum Gasteiger partial charge on any atom is 0.261 e. The molecule has 5 nitrogen and oxygen atoms in total. The Morgan fingerprint density at radius 2 is 1.56 bits per heavy atom. The van der Waals surface area contributed by atoms with Crippen molar-refractivity contribution in [2.24, 2.45) is 0 Å². The monoisotopic (exact) mass is 506 g/mol. The third-order valence-electron chi connectivity index (χ3n) is 5.97. The standard InChI is InChI=1S/C30H35ClN2O3/c1-5-32-29(35)27(19-22-9-7-6-8-10-22)33(20-23-11-15-25(31)16-12-23)28(34)21-36-26-17-13-24(14-18-26)30(2,3)4/h6-18,27H,5,19-21H2,1-4H3,(H,32,35). The first kappa shape index (κ1) is 27.3. The van der Waals surface area contributed by atoms with Crippen molar-refractivity contribution in [3.63, 3.8) is 0 Å². The van der Waals surface area contributed by atoms with Crippen LogP contribution < -0.4 is 10.1 Å². The summed E-state index contributed by atoms with van der Waals surface area (Å²) in [5, 5.41) is 3.51. The fraction of sp³-hybridized carbons (Fsp3) is 0.333. The topological polar surface area (TPSA) is 58.6 Å². The number of hydrogen-bond donors (Lipinski definition) is 1. The molecule has 3 rings (SSSR count). The Bertz CT molecular complexity index is 1120. The van der Waals surface area contributed by atoms with Crippen LogP contribution in [-0.4, -0.2) is 35.9 Å². The molecule has 1 atom stereocenters. The number of ether oxygens (including phenoxy) is 1. The Balaban J connectivity index is 1.85. The zero-order valence-electron chi connectivity index (χ0n) is 21.5. The van der Waals surface area contributed by atoms with Gasteiger partial charge in [0.2, 0.25) is 5.91 Å². The van der Waals surface area contributed by atoms with Crippen LogP contribution in [0.3, 0.4) is 0 Å². The van der Waals surface area contributed by atoms with Crippen molar-refractivity contribution in [3.8, 4) is 5.75 Å². The first-order chi connectivity index (χ1) is 17.2. The molecule has 6 heteroatoms. The number of amides is 2. The fourth-order valence-electron chi connectivity index (χ4n) is 3.91. The van der Waals surface area contributed by atoms with Crippen LogP contribution in [0.5, 0.6) is 5.75 Å². The molecule has 2 amide bonds. The van der Waals surface area contributed by atoms with Crippen LogP contribution in [0, 0.1) is 0 Å². The summed E-state index contributed by atoms with van der Waals surface area (Å²) in [7, 11) is 0. The van der Waals surface area contributed by atoms with Gasteiger partial charge in [-0.1, -0.05) is 87.0 Å². The number of carbonyl (C=O) groups is 2. The van der Waals surface area contributed by atoms with Crippen LogP contribution >= 0.6 is 11.6 Å². The van der Waals surface area contributed by atoms with E-state index >= 15 is 0 Å². The molecule has 0 saturated heterocycles. The predicted molar refractivity (Wildman–Crippen MR) is 145 cm³/mol. The Labute approximate surface area is 219 Å². The van der Waals surface area contributed by atoms with Crippen LogP contribution in [0.2, 0.25) is 5.02 Å². The van der Waals surface area contributed by atoms with Gasteiger partial charge in [0, 0.05) is 24.5 Å². The third kappa shape index (κ3) is 7.85. The smallest absolute Gasteiger partial charge is 0.261 e. The molecule has 3 aromatic rings. The highest BCUT2D eigenvalue weighted by molar-refractivity contribution is 6.30. The van der Waals surface area contributed by atoms with Crippen molar-refractivity contribution in [3.05, 3.63) is 101 Å². The van der Waals surface area contributed by atoms with Crippen LogP contribution in [-0.2, 0) is 28.0 Å². The van der Waals surface area contributed by atoms with E-state index < -0.39 is 6.04 Å². The summed E-state index contributed by atoms with van der Waals surface area (Å²) in [5.74, 6) is 0.149. The van der Waals surface area contributed by atoms with E-state index in [0.29, 0.717) is 23.7 Å². The van der Waals surface area contributed by atoms with E-state index in [1.165, 1.54) is 5.56 Å². The van der Waals surface area contributed by atoms with Gasteiger partial charge in [0.05, 0.1) is 0 Å². The molecular weight excluding hydrogens is 472 g/mol. The highest BCUT2D eigenvalue weighted by atomic mass is 35.5. The van der Waals surface area contributed by atoms with Gasteiger partial charge in [-0.3, -0.25) is 9.59 Å². The molecule has 0 bridgehead atoms. The van der Waals surface area contributed by atoms with Gasteiger partial charge in [-0.15, -0.1) is 0 Å². The number of hydrogen-bond acceptors (Lipinski definition) is 3. The second-order valence-electron chi connectivity index (χ2n) is 9.81. The number of halogens is 1. The average molecular weight is 507 g/mol. The molecule has 36 heavy (non-hydrogen) atoms. The highest BCUT2D eigenvalue weighted by Crippen LogP contribution is 2.24. The molecule has 0 fully saturated rings. The van der Waals surface area contributed by atoms with E-state index in [9.17, 15) is 9.59 Å². The van der Waals surface area contributed by atoms with Gasteiger partial charge in [0.25, 0.3) is 5.91 Å². The molecule has 0 aliphatic heterocycles. The lowest BCUT2D eigenvalue weighted by atomic mass is 9.87. The molecule has 0 spiro atoms. The number of carbonyl (C=O) groups excluding carboxylic acids is 2. The molecule has 190 valence electrons. The molecule has 0 radical (unpaired) electrons. The van der Waals surface area contributed by atoms with Crippen molar-refractivity contribution in [2.75, 3.05) is 13.2 Å². The van der Waals surface area contributed by atoms with Gasteiger partial charge in [0.1, 0.15) is 11.8 Å². The molecule has 0 saturated carbocycles. The minimum Gasteiger partial charge on any atom is -0.484 e. The van der Waals surface area contributed by atoms with Gasteiger partial charge in [0.15, 0.2) is 6.61 Å². The molecule has 0 aliphatic rings. The quantitative estimate of drug-likeness (QED) is 0.378. The second-order valence-corrected chi connectivity index (χ2v) is 10.2. The van der Waals surface area contributed by atoms with Crippen molar-refractivity contribution < 1.29 is 14.3 Å². The summed E-state index contributed by atoms with van der Waals surface area (Å²) in [6, 6.07) is 24.1. The summed E-state index contributed by atoms with van der Waals surface area (Å²) >= 11 is 6.06. The number of likely N-dealkylation sites (N-methyl/N-ethyl adjacent to an activating group) is 1. The van der Waals surface area contributed by atoms with E-state index in [-0.39, 0.29) is 30.4 Å².